The van der Waals surface area contributed by atoms with Crippen LogP contribution in [0.1, 0.15) is 27.7 Å². The summed E-state index contributed by atoms with van der Waals surface area (Å²) in [4.78, 5) is 12.5. The van der Waals surface area contributed by atoms with Crippen molar-refractivity contribution in [2.24, 2.45) is 0 Å². The van der Waals surface area contributed by atoms with Gasteiger partial charge < -0.3 is 13.7 Å². The van der Waals surface area contributed by atoms with Gasteiger partial charge in [0.25, 0.3) is 0 Å². The zero-order chi connectivity index (χ0) is 14.5. The SMILES string of the molecule is CC1(C)OB(c2coc3ccccc3c2=O)OC1(C)C. The Balaban J connectivity index is 2.09. The third kappa shape index (κ3) is 1.89. The molecular weight excluding hydrogens is 255 g/mol. The van der Waals surface area contributed by atoms with Gasteiger partial charge in [0, 0.05) is 0 Å². The van der Waals surface area contributed by atoms with Crippen LogP contribution in [0.5, 0.6) is 0 Å². The summed E-state index contributed by atoms with van der Waals surface area (Å²) < 4.78 is 17.3. The van der Waals surface area contributed by atoms with Crippen molar-refractivity contribution >= 4 is 23.6 Å². The van der Waals surface area contributed by atoms with Crippen LogP contribution in [0.4, 0.5) is 0 Å². The fourth-order valence-electron chi connectivity index (χ4n) is 2.23. The summed E-state index contributed by atoms with van der Waals surface area (Å²) in [6, 6.07) is 7.16. The van der Waals surface area contributed by atoms with Gasteiger partial charge in [-0.3, -0.25) is 4.79 Å². The maximum atomic E-state index is 12.5. The highest BCUT2D eigenvalue weighted by Gasteiger charge is 2.52. The molecule has 4 nitrogen and oxygen atoms in total. The van der Waals surface area contributed by atoms with E-state index < -0.39 is 18.3 Å². The zero-order valence-electron chi connectivity index (χ0n) is 12.1. The van der Waals surface area contributed by atoms with E-state index in [0.717, 1.165) is 0 Å². The largest absolute Gasteiger partial charge is 0.502 e. The van der Waals surface area contributed by atoms with Crippen LogP contribution >= 0.6 is 0 Å². The summed E-state index contributed by atoms with van der Waals surface area (Å²) in [7, 11) is -0.694. The first kappa shape index (κ1) is 13.4. The van der Waals surface area contributed by atoms with E-state index in [2.05, 4.69) is 0 Å². The lowest BCUT2D eigenvalue weighted by atomic mass is 9.80. The molecule has 1 aromatic carbocycles. The van der Waals surface area contributed by atoms with Crippen molar-refractivity contribution in [3.63, 3.8) is 0 Å². The minimum absolute atomic E-state index is 0.106. The molecule has 0 bridgehead atoms. The van der Waals surface area contributed by atoms with Crippen molar-refractivity contribution in [3.8, 4) is 0 Å². The highest BCUT2D eigenvalue weighted by Crippen LogP contribution is 2.36. The number of hydrogen-bond acceptors (Lipinski definition) is 4. The Morgan fingerprint density at radius 2 is 1.60 bits per heavy atom. The first-order chi connectivity index (χ1) is 9.32. The van der Waals surface area contributed by atoms with Crippen LogP contribution in [0.2, 0.25) is 0 Å². The maximum Gasteiger partial charge on any atom is 0.502 e. The van der Waals surface area contributed by atoms with Gasteiger partial charge in [0.15, 0.2) is 5.43 Å². The molecule has 0 amide bonds. The second-order valence-electron chi connectivity index (χ2n) is 6.10. The number of benzene rings is 1. The lowest BCUT2D eigenvalue weighted by molar-refractivity contribution is 0.00578. The molecule has 1 aliphatic heterocycles. The van der Waals surface area contributed by atoms with Crippen LogP contribution in [0.3, 0.4) is 0 Å². The van der Waals surface area contributed by atoms with Crippen LogP contribution < -0.4 is 10.9 Å². The summed E-state index contributed by atoms with van der Waals surface area (Å²) in [5.41, 5.74) is -0.0867. The Morgan fingerprint density at radius 3 is 2.25 bits per heavy atom. The van der Waals surface area contributed by atoms with Crippen molar-refractivity contribution in [2.45, 2.75) is 38.9 Å². The molecule has 0 unspecified atom stereocenters. The molecule has 3 rings (SSSR count). The number of para-hydroxylation sites is 1. The highest BCUT2D eigenvalue weighted by atomic mass is 16.7. The molecule has 2 aromatic rings. The summed E-state index contributed by atoms with van der Waals surface area (Å²) in [6.45, 7) is 7.82. The second-order valence-corrected chi connectivity index (χ2v) is 6.10. The normalized spacial score (nSPS) is 20.5. The molecule has 0 saturated carbocycles. The van der Waals surface area contributed by atoms with Gasteiger partial charge >= 0.3 is 7.12 Å². The van der Waals surface area contributed by atoms with Crippen molar-refractivity contribution in [1.82, 2.24) is 0 Å². The monoisotopic (exact) mass is 272 g/mol. The fraction of sp³-hybridized carbons (Fsp3) is 0.400. The lowest BCUT2D eigenvalue weighted by Gasteiger charge is -2.32. The minimum atomic E-state index is -0.694. The maximum absolute atomic E-state index is 12.5. The minimum Gasteiger partial charge on any atom is -0.464 e. The highest BCUT2D eigenvalue weighted by molar-refractivity contribution is 6.62. The molecule has 1 fully saturated rings. The molecule has 20 heavy (non-hydrogen) atoms. The second kappa shape index (κ2) is 4.20. The number of rotatable bonds is 1. The van der Waals surface area contributed by atoms with Gasteiger partial charge in [-0.2, -0.15) is 0 Å². The smallest absolute Gasteiger partial charge is 0.464 e. The molecule has 5 heteroatoms. The van der Waals surface area contributed by atoms with E-state index in [9.17, 15) is 4.79 Å². The molecule has 0 spiro atoms. The summed E-state index contributed by atoms with van der Waals surface area (Å²) in [6.07, 6.45) is 1.44. The standard InChI is InChI=1S/C15H17BO4/c1-14(2)15(3,4)20-16(19-14)11-9-18-12-8-6-5-7-10(12)13(11)17/h5-9H,1-4H3. The number of fused-ring (bicyclic) bond motifs is 1. The predicted octanol–water partition coefficient (Wildman–Crippen LogP) is 2.09. The molecular formula is C15H17BO4. The molecule has 1 aromatic heterocycles. The first-order valence-corrected chi connectivity index (χ1v) is 6.68. The third-order valence-electron chi connectivity index (χ3n) is 4.21. The summed E-state index contributed by atoms with van der Waals surface area (Å²) >= 11 is 0. The van der Waals surface area contributed by atoms with Gasteiger partial charge in [-0.25, -0.2) is 0 Å². The molecule has 0 atom stereocenters. The van der Waals surface area contributed by atoms with E-state index in [1.165, 1.54) is 6.26 Å². The topological polar surface area (TPSA) is 48.7 Å². The quantitative estimate of drug-likeness (QED) is 0.746. The van der Waals surface area contributed by atoms with Gasteiger partial charge in [-0.15, -0.1) is 0 Å². The summed E-state index contributed by atoms with van der Waals surface area (Å²) in [5.74, 6) is 0. The molecule has 104 valence electrons. The number of hydrogen-bond donors (Lipinski definition) is 0. The predicted molar refractivity (Wildman–Crippen MR) is 78.2 cm³/mol. The Kier molecular flexibility index (Phi) is 2.82. The fourth-order valence-corrected chi connectivity index (χ4v) is 2.23. The van der Waals surface area contributed by atoms with Gasteiger partial charge in [-0.1, -0.05) is 12.1 Å². The van der Waals surface area contributed by atoms with E-state index in [1.807, 2.05) is 39.8 Å². The Labute approximate surface area is 117 Å². The van der Waals surface area contributed by atoms with E-state index in [4.69, 9.17) is 13.7 Å². The van der Waals surface area contributed by atoms with Crippen molar-refractivity contribution in [3.05, 3.63) is 40.8 Å². The zero-order valence-corrected chi connectivity index (χ0v) is 12.1. The average molecular weight is 272 g/mol. The van der Waals surface area contributed by atoms with Gasteiger partial charge in [0.2, 0.25) is 0 Å². The first-order valence-electron chi connectivity index (χ1n) is 6.68. The molecule has 0 radical (unpaired) electrons. The molecule has 0 aliphatic carbocycles. The van der Waals surface area contributed by atoms with E-state index in [-0.39, 0.29) is 5.43 Å². The van der Waals surface area contributed by atoms with Crippen LogP contribution in [-0.4, -0.2) is 18.3 Å². The van der Waals surface area contributed by atoms with E-state index >= 15 is 0 Å². The van der Waals surface area contributed by atoms with Crippen molar-refractivity contribution in [2.75, 3.05) is 0 Å². The van der Waals surface area contributed by atoms with Gasteiger partial charge in [0.1, 0.15) is 5.58 Å². The average Bonchev–Trinajstić information content (AvgIpc) is 2.59. The molecule has 0 N–H and O–H groups in total. The lowest BCUT2D eigenvalue weighted by Crippen LogP contribution is -2.43. The van der Waals surface area contributed by atoms with Crippen molar-refractivity contribution in [1.29, 1.82) is 0 Å². The van der Waals surface area contributed by atoms with Gasteiger partial charge in [0.05, 0.1) is 28.3 Å². The Hall–Kier alpha value is -1.59. The van der Waals surface area contributed by atoms with E-state index in [1.54, 1.807) is 12.1 Å². The van der Waals surface area contributed by atoms with Gasteiger partial charge in [-0.05, 0) is 39.8 Å². The van der Waals surface area contributed by atoms with Crippen LogP contribution in [0, 0.1) is 0 Å². The van der Waals surface area contributed by atoms with Crippen LogP contribution in [0.15, 0.2) is 39.7 Å². The van der Waals surface area contributed by atoms with Crippen molar-refractivity contribution < 1.29 is 13.7 Å². The molecule has 1 saturated heterocycles. The van der Waals surface area contributed by atoms with E-state index in [0.29, 0.717) is 16.4 Å². The summed E-state index contributed by atoms with van der Waals surface area (Å²) in [5, 5.41) is 0.541. The van der Waals surface area contributed by atoms with Crippen LogP contribution in [0.25, 0.3) is 11.0 Å². The Morgan fingerprint density at radius 1 is 1.00 bits per heavy atom. The Bertz CT molecular complexity index is 701. The molecule has 1 aliphatic rings. The third-order valence-corrected chi connectivity index (χ3v) is 4.21. The van der Waals surface area contributed by atoms with Crippen LogP contribution in [-0.2, 0) is 9.31 Å². The molecule has 2 heterocycles.